The normalized spacial score (nSPS) is 10.3. The molecule has 2 aromatic carbocycles. The summed E-state index contributed by atoms with van der Waals surface area (Å²) >= 11 is 5.95. The Bertz CT molecular complexity index is 853. The van der Waals surface area contributed by atoms with Crippen molar-refractivity contribution in [2.75, 3.05) is 11.9 Å². The molecule has 1 aromatic heterocycles. The Balaban J connectivity index is 1.47. The highest BCUT2D eigenvalue weighted by Gasteiger charge is 2.07. The number of rotatable bonds is 7. The molecule has 0 saturated carbocycles. The van der Waals surface area contributed by atoms with E-state index in [0.29, 0.717) is 23.1 Å². The fourth-order valence-electron chi connectivity index (χ4n) is 2.45. The van der Waals surface area contributed by atoms with Crippen LogP contribution < -0.4 is 10.6 Å². The van der Waals surface area contributed by atoms with E-state index >= 15 is 0 Å². The number of nitrogens with one attached hydrogen (secondary N) is 2. The van der Waals surface area contributed by atoms with Gasteiger partial charge in [0.2, 0.25) is 0 Å². The number of nitrogens with zero attached hydrogens (tertiary/aromatic N) is 2. The molecule has 0 aliphatic carbocycles. The highest BCUT2D eigenvalue weighted by atomic mass is 35.5. The lowest BCUT2D eigenvalue weighted by molar-refractivity contribution is 0.0948. The Morgan fingerprint density at radius 3 is 2.58 bits per heavy atom. The van der Waals surface area contributed by atoms with E-state index < -0.39 is 0 Å². The standard InChI is InChI=1S/C20H19ClN4O/c21-16-9-4-10-17(12-16)25-19-14-23-18(13-24-19)20(26)22-11-5-8-15-6-2-1-3-7-15/h1-4,6-7,9-10,12-14H,5,8,11H2,(H,22,26)(H,24,25). The zero-order chi connectivity index (χ0) is 18.2. The number of carbonyl (C=O) groups excluding carboxylic acids is 1. The zero-order valence-electron chi connectivity index (χ0n) is 14.2. The maximum atomic E-state index is 12.1. The molecule has 2 N–H and O–H groups in total. The minimum atomic E-state index is -0.222. The summed E-state index contributed by atoms with van der Waals surface area (Å²) in [4.78, 5) is 20.5. The van der Waals surface area contributed by atoms with Gasteiger partial charge in [-0.1, -0.05) is 48.0 Å². The van der Waals surface area contributed by atoms with Crippen LogP contribution in [0.2, 0.25) is 5.02 Å². The molecule has 0 radical (unpaired) electrons. The molecule has 0 aliphatic rings. The monoisotopic (exact) mass is 366 g/mol. The summed E-state index contributed by atoms with van der Waals surface area (Å²) < 4.78 is 0. The van der Waals surface area contributed by atoms with Gasteiger partial charge in [-0.15, -0.1) is 0 Å². The van der Waals surface area contributed by atoms with E-state index in [9.17, 15) is 4.79 Å². The second-order valence-electron chi connectivity index (χ2n) is 5.77. The predicted octanol–water partition coefficient (Wildman–Crippen LogP) is 4.24. The Morgan fingerprint density at radius 2 is 1.85 bits per heavy atom. The van der Waals surface area contributed by atoms with E-state index in [1.807, 2.05) is 30.3 Å². The molecule has 132 valence electrons. The third-order valence-electron chi connectivity index (χ3n) is 3.75. The van der Waals surface area contributed by atoms with E-state index in [0.717, 1.165) is 18.5 Å². The van der Waals surface area contributed by atoms with Crippen LogP contribution in [0.5, 0.6) is 0 Å². The van der Waals surface area contributed by atoms with Crippen molar-refractivity contribution in [2.45, 2.75) is 12.8 Å². The van der Waals surface area contributed by atoms with Gasteiger partial charge >= 0.3 is 0 Å². The van der Waals surface area contributed by atoms with Gasteiger partial charge in [0.15, 0.2) is 0 Å². The average molecular weight is 367 g/mol. The molecular weight excluding hydrogens is 348 g/mol. The van der Waals surface area contributed by atoms with Crippen LogP contribution in [0.1, 0.15) is 22.5 Å². The molecule has 0 fully saturated rings. The molecular formula is C20H19ClN4O. The number of carbonyl (C=O) groups is 1. The second-order valence-corrected chi connectivity index (χ2v) is 6.20. The first kappa shape index (κ1) is 17.9. The fraction of sp³-hybridized carbons (Fsp3) is 0.150. The smallest absolute Gasteiger partial charge is 0.271 e. The zero-order valence-corrected chi connectivity index (χ0v) is 14.9. The molecule has 0 aliphatic heterocycles. The van der Waals surface area contributed by atoms with Crippen LogP contribution in [0.25, 0.3) is 0 Å². The minimum absolute atomic E-state index is 0.222. The molecule has 0 spiro atoms. The van der Waals surface area contributed by atoms with Gasteiger partial charge in [0.05, 0.1) is 12.4 Å². The third kappa shape index (κ3) is 5.29. The van der Waals surface area contributed by atoms with Crippen LogP contribution in [-0.4, -0.2) is 22.4 Å². The molecule has 6 heteroatoms. The quantitative estimate of drug-likeness (QED) is 0.614. The summed E-state index contributed by atoms with van der Waals surface area (Å²) in [6.45, 7) is 0.595. The molecule has 0 saturated heterocycles. The highest BCUT2D eigenvalue weighted by molar-refractivity contribution is 6.30. The summed E-state index contributed by atoms with van der Waals surface area (Å²) in [7, 11) is 0. The number of amides is 1. The molecule has 1 heterocycles. The lowest BCUT2D eigenvalue weighted by atomic mass is 10.1. The van der Waals surface area contributed by atoms with Crippen molar-refractivity contribution in [3.63, 3.8) is 0 Å². The van der Waals surface area contributed by atoms with Crippen LogP contribution in [-0.2, 0) is 6.42 Å². The summed E-state index contributed by atoms with van der Waals surface area (Å²) in [6.07, 6.45) is 4.78. The molecule has 0 atom stereocenters. The molecule has 0 bridgehead atoms. The number of benzene rings is 2. The molecule has 1 amide bonds. The van der Waals surface area contributed by atoms with Crippen molar-refractivity contribution in [1.82, 2.24) is 15.3 Å². The number of aryl methyl sites for hydroxylation is 1. The van der Waals surface area contributed by atoms with E-state index in [-0.39, 0.29) is 5.91 Å². The van der Waals surface area contributed by atoms with E-state index in [1.165, 1.54) is 18.0 Å². The van der Waals surface area contributed by atoms with Crippen LogP contribution in [0.4, 0.5) is 11.5 Å². The number of aromatic nitrogens is 2. The number of halogens is 1. The number of hydrogen-bond donors (Lipinski definition) is 2. The highest BCUT2D eigenvalue weighted by Crippen LogP contribution is 2.18. The Kier molecular flexibility index (Phi) is 6.17. The number of anilines is 2. The van der Waals surface area contributed by atoms with Crippen molar-refractivity contribution in [3.05, 3.63) is 83.3 Å². The minimum Gasteiger partial charge on any atom is -0.351 e. The summed E-state index contributed by atoms with van der Waals surface area (Å²) in [6, 6.07) is 17.5. The van der Waals surface area contributed by atoms with E-state index in [1.54, 1.807) is 12.1 Å². The fourth-order valence-corrected chi connectivity index (χ4v) is 2.64. The SMILES string of the molecule is O=C(NCCCc1ccccc1)c1cnc(Nc2cccc(Cl)c2)cn1. The lowest BCUT2D eigenvalue weighted by Crippen LogP contribution is -2.25. The van der Waals surface area contributed by atoms with Gasteiger partial charge in [0.1, 0.15) is 11.5 Å². The summed E-state index contributed by atoms with van der Waals surface area (Å²) in [5.74, 6) is 0.327. The first-order chi connectivity index (χ1) is 12.7. The first-order valence-corrected chi connectivity index (χ1v) is 8.75. The van der Waals surface area contributed by atoms with E-state index in [4.69, 9.17) is 11.6 Å². The van der Waals surface area contributed by atoms with Crippen LogP contribution in [0.15, 0.2) is 67.0 Å². The maximum Gasteiger partial charge on any atom is 0.271 e. The topological polar surface area (TPSA) is 66.9 Å². The Labute approximate surface area is 157 Å². The maximum absolute atomic E-state index is 12.1. The van der Waals surface area contributed by atoms with Crippen LogP contribution in [0.3, 0.4) is 0 Å². The van der Waals surface area contributed by atoms with Crippen molar-refractivity contribution in [2.24, 2.45) is 0 Å². The predicted molar refractivity (Wildman–Crippen MR) is 104 cm³/mol. The van der Waals surface area contributed by atoms with Crippen LogP contribution >= 0.6 is 11.6 Å². The molecule has 0 unspecified atom stereocenters. The van der Waals surface area contributed by atoms with Gasteiger partial charge in [-0.25, -0.2) is 9.97 Å². The molecule has 26 heavy (non-hydrogen) atoms. The second kappa shape index (κ2) is 8.97. The van der Waals surface area contributed by atoms with Gasteiger partial charge in [0, 0.05) is 17.3 Å². The van der Waals surface area contributed by atoms with Gasteiger partial charge < -0.3 is 10.6 Å². The number of hydrogen-bond acceptors (Lipinski definition) is 4. The van der Waals surface area contributed by atoms with Crippen molar-refractivity contribution < 1.29 is 4.79 Å². The average Bonchev–Trinajstić information content (AvgIpc) is 2.66. The molecule has 3 rings (SSSR count). The first-order valence-electron chi connectivity index (χ1n) is 8.37. The van der Waals surface area contributed by atoms with Gasteiger partial charge in [-0.05, 0) is 36.6 Å². The van der Waals surface area contributed by atoms with Crippen molar-refractivity contribution in [3.8, 4) is 0 Å². The van der Waals surface area contributed by atoms with Crippen molar-refractivity contribution in [1.29, 1.82) is 0 Å². The van der Waals surface area contributed by atoms with Crippen molar-refractivity contribution >= 4 is 29.0 Å². The Hall–Kier alpha value is -2.92. The summed E-state index contributed by atoms with van der Waals surface area (Å²) in [5.41, 5.74) is 2.37. The lowest BCUT2D eigenvalue weighted by Gasteiger charge is -2.07. The summed E-state index contributed by atoms with van der Waals surface area (Å²) in [5, 5.41) is 6.59. The van der Waals surface area contributed by atoms with E-state index in [2.05, 4.69) is 32.7 Å². The molecule has 3 aromatic rings. The third-order valence-corrected chi connectivity index (χ3v) is 3.99. The van der Waals surface area contributed by atoms with Crippen LogP contribution in [0, 0.1) is 0 Å². The largest absolute Gasteiger partial charge is 0.351 e. The van der Waals surface area contributed by atoms with Gasteiger partial charge in [0.25, 0.3) is 5.91 Å². The molecule has 5 nitrogen and oxygen atoms in total. The van der Waals surface area contributed by atoms with Gasteiger partial charge in [-0.3, -0.25) is 4.79 Å². The Morgan fingerprint density at radius 1 is 1.00 bits per heavy atom. The van der Waals surface area contributed by atoms with Gasteiger partial charge in [-0.2, -0.15) is 0 Å².